The maximum Gasteiger partial charge on any atom is 0.180 e. The number of allylic oxidation sites excluding steroid dienone is 1. The van der Waals surface area contributed by atoms with Gasteiger partial charge in [0.05, 0.1) is 12.2 Å². The molecule has 0 bridgehead atoms. The van der Waals surface area contributed by atoms with Crippen molar-refractivity contribution in [2.24, 2.45) is 0 Å². The largest absolute Gasteiger partial charge is 0.346 e. The lowest BCUT2D eigenvalue weighted by Gasteiger charge is -2.32. The summed E-state index contributed by atoms with van der Waals surface area (Å²) in [4.78, 5) is 10.2. The summed E-state index contributed by atoms with van der Waals surface area (Å²) < 4.78 is 11.0. The summed E-state index contributed by atoms with van der Waals surface area (Å²) >= 11 is 0. The fourth-order valence-corrected chi connectivity index (χ4v) is 1.43. The van der Waals surface area contributed by atoms with Crippen LogP contribution in [0, 0.1) is 0 Å². The van der Waals surface area contributed by atoms with Crippen LogP contribution in [0.3, 0.4) is 0 Å². The van der Waals surface area contributed by atoms with Gasteiger partial charge >= 0.3 is 0 Å². The number of rotatable bonds is 2. The van der Waals surface area contributed by atoms with E-state index in [2.05, 4.69) is 0 Å². The summed E-state index contributed by atoms with van der Waals surface area (Å²) in [6.07, 6.45) is 3.20. The quantitative estimate of drug-likeness (QED) is 0.483. The van der Waals surface area contributed by atoms with Gasteiger partial charge in [-0.25, -0.2) is 0 Å². The fraction of sp³-hybridized carbons (Fsp3) is 0.700. The van der Waals surface area contributed by atoms with Crippen LogP contribution in [-0.2, 0) is 14.3 Å². The Morgan fingerprint density at radius 3 is 2.31 bits per heavy atom. The average Bonchev–Trinajstić information content (AvgIpc) is 2.03. The predicted octanol–water partition coefficient (Wildman–Crippen LogP) is 1.67. The molecule has 1 rings (SSSR count). The molecule has 0 N–H and O–H groups in total. The Morgan fingerprint density at radius 1 is 1.31 bits per heavy atom. The minimum absolute atomic E-state index is 0.198. The Balaban J connectivity index is 2.59. The molecule has 1 fully saturated rings. The molecule has 0 spiro atoms. The Morgan fingerprint density at radius 2 is 1.85 bits per heavy atom. The zero-order valence-corrected chi connectivity index (χ0v) is 8.32. The van der Waals surface area contributed by atoms with E-state index in [-0.39, 0.29) is 18.5 Å². The van der Waals surface area contributed by atoms with Crippen molar-refractivity contribution in [3.63, 3.8) is 0 Å². The highest BCUT2D eigenvalue weighted by molar-refractivity contribution is 5.66. The first kappa shape index (κ1) is 10.4. The van der Waals surface area contributed by atoms with Crippen molar-refractivity contribution in [3.8, 4) is 0 Å². The highest BCUT2D eigenvalue weighted by atomic mass is 16.7. The van der Waals surface area contributed by atoms with Crippen molar-refractivity contribution in [1.82, 2.24) is 0 Å². The number of aldehydes is 1. The minimum Gasteiger partial charge on any atom is -0.346 e. The molecular weight excluding hydrogens is 168 g/mol. The van der Waals surface area contributed by atoms with Crippen molar-refractivity contribution in [2.75, 3.05) is 0 Å². The second kappa shape index (κ2) is 4.53. The van der Waals surface area contributed by atoms with Crippen molar-refractivity contribution in [2.45, 2.75) is 45.7 Å². The molecule has 3 nitrogen and oxygen atoms in total. The Hall–Kier alpha value is -0.670. The Kier molecular flexibility index (Phi) is 3.63. The third-order valence-corrected chi connectivity index (χ3v) is 2.08. The van der Waals surface area contributed by atoms with Crippen molar-refractivity contribution < 1.29 is 14.3 Å². The van der Waals surface area contributed by atoms with Crippen LogP contribution in [-0.4, -0.2) is 24.8 Å². The fourth-order valence-electron chi connectivity index (χ4n) is 1.43. The molecule has 1 saturated heterocycles. The van der Waals surface area contributed by atoms with E-state index < -0.39 is 0 Å². The van der Waals surface area contributed by atoms with Crippen LogP contribution in [0.2, 0.25) is 0 Å². The molecule has 0 aromatic carbocycles. The number of ether oxygens (including phenoxy) is 2. The van der Waals surface area contributed by atoms with Gasteiger partial charge in [0.15, 0.2) is 6.29 Å². The molecule has 1 aliphatic heterocycles. The Labute approximate surface area is 78.7 Å². The number of hydrogen-bond donors (Lipinski definition) is 0. The SMILES string of the molecule is CC(=CC=O)C1OC(C)CC(C)O1. The van der Waals surface area contributed by atoms with Gasteiger partial charge in [0.1, 0.15) is 6.29 Å². The van der Waals surface area contributed by atoms with Gasteiger partial charge in [-0.1, -0.05) is 0 Å². The normalized spacial score (nSPS) is 35.9. The molecule has 3 heteroatoms. The molecule has 0 aliphatic carbocycles. The maximum atomic E-state index is 10.2. The molecule has 0 saturated carbocycles. The highest BCUT2D eigenvalue weighted by Gasteiger charge is 2.25. The molecular formula is C10H16O3. The molecule has 0 aromatic rings. The number of carbonyl (C=O) groups is 1. The summed E-state index contributed by atoms with van der Waals surface area (Å²) in [5.41, 5.74) is 0.827. The molecule has 0 amide bonds. The molecule has 0 radical (unpaired) electrons. The van der Waals surface area contributed by atoms with E-state index in [9.17, 15) is 4.79 Å². The third-order valence-electron chi connectivity index (χ3n) is 2.08. The van der Waals surface area contributed by atoms with Gasteiger partial charge in [-0.2, -0.15) is 0 Å². The van der Waals surface area contributed by atoms with Crippen LogP contribution < -0.4 is 0 Å². The van der Waals surface area contributed by atoms with Crippen LogP contribution in [0.4, 0.5) is 0 Å². The van der Waals surface area contributed by atoms with Crippen molar-refractivity contribution in [1.29, 1.82) is 0 Å². The molecule has 0 aromatic heterocycles. The van der Waals surface area contributed by atoms with E-state index in [1.807, 2.05) is 20.8 Å². The third kappa shape index (κ3) is 2.94. The molecule has 13 heavy (non-hydrogen) atoms. The summed E-state index contributed by atoms with van der Waals surface area (Å²) in [5, 5.41) is 0. The molecule has 2 atom stereocenters. The van der Waals surface area contributed by atoms with Crippen LogP contribution in [0.5, 0.6) is 0 Å². The van der Waals surface area contributed by atoms with Crippen LogP contribution >= 0.6 is 0 Å². The predicted molar refractivity (Wildman–Crippen MR) is 49.3 cm³/mol. The van der Waals surface area contributed by atoms with E-state index in [1.165, 1.54) is 6.08 Å². The van der Waals surface area contributed by atoms with Gasteiger partial charge in [0, 0.05) is 0 Å². The summed E-state index contributed by atoms with van der Waals surface area (Å²) in [6, 6.07) is 0. The first-order valence-electron chi connectivity index (χ1n) is 4.56. The van der Waals surface area contributed by atoms with Gasteiger partial charge < -0.3 is 9.47 Å². The topological polar surface area (TPSA) is 35.5 Å². The summed E-state index contributed by atoms with van der Waals surface area (Å²) in [7, 11) is 0. The zero-order chi connectivity index (χ0) is 9.84. The first-order valence-corrected chi connectivity index (χ1v) is 4.56. The standard InChI is InChI=1S/C10H16O3/c1-7(4-5-11)10-12-8(2)6-9(3)13-10/h4-5,8-10H,6H2,1-3H3. The first-order chi connectivity index (χ1) is 6.13. The smallest absolute Gasteiger partial charge is 0.180 e. The minimum atomic E-state index is -0.344. The number of hydrogen-bond acceptors (Lipinski definition) is 3. The lowest BCUT2D eigenvalue weighted by atomic mass is 10.1. The average molecular weight is 184 g/mol. The lowest BCUT2D eigenvalue weighted by Crippen LogP contribution is -2.36. The van der Waals surface area contributed by atoms with E-state index in [4.69, 9.17) is 9.47 Å². The number of carbonyl (C=O) groups excluding carboxylic acids is 1. The molecule has 74 valence electrons. The van der Waals surface area contributed by atoms with Gasteiger partial charge in [0.25, 0.3) is 0 Å². The van der Waals surface area contributed by atoms with Gasteiger partial charge in [0.2, 0.25) is 0 Å². The maximum absolute atomic E-state index is 10.2. The monoisotopic (exact) mass is 184 g/mol. The van der Waals surface area contributed by atoms with Gasteiger partial charge in [-0.3, -0.25) is 4.79 Å². The van der Waals surface area contributed by atoms with Crippen LogP contribution in [0.1, 0.15) is 27.2 Å². The molecule has 2 unspecified atom stereocenters. The lowest BCUT2D eigenvalue weighted by molar-refractivity contribution is -0.215. The van der Waals surface area contributed by atoms with Crippen molar-refractivity contribution in [3.05, 3.63) is 11.6 Å². The van der Waals surface area contributed by atoms with E-state index >= 15 is 0 Å². The van der Waals surface area contributed by atoms with Gasteiger partial charge in [-0.05, 0) is 38.8 Å². The van der Waals surface area contributed by atoms with Crippen LogP contribution in [0.25, 0.3) is 0 Å². The Bertz CT molecular complexity index is 200. The highest BCUT2D eigenvalue weighted by Crippen LogP contribution is 2.22. The van der Waals surface area contributed by atoms with Crippen LogP contribution in [0.15, 0.2) is 11.6 Å². The second-order valence-electron chi connectivity index (χ2n) is 3.51. The van der Waals surface area contributed by atoms with Gasteiger partial charge in [-0.15, -0.1) is 0 Å². The second-order valence-corrected chi connectivity index (χ2v) is 3.51. The van der Waals surface area contributed by atoms with E-state index in [1.54, 1.807) is 0 Å². The summed E-state index contributed by atoms with van der Waals surface area (Å²) in [6.45, 7) is 5.87. The van der Waals surface area contributed by atoms with Crippen molar-refractivity contribution >= 4 is 6.29 Å². The van der Waals surface area contributed by atoms with E-state index in [0.29, 0.717) is 0 Å². The summed E-state index contributed by atoms with van der Waals surface area (Å²) in [5.74, 6) is 0. The molecule has 1 heterocycles. The molecule has 1 aliphatic rings. The zero-order valence-electron chi connectivity index (χ0n) is 8.32. The van der Waals surface area contributed by atoms with E-state index in [0.717, 1.165) is 18.3 Å².